The lowest BCUT2D eigenvalue weighted by Crippen LogP contribution is -2.18. The minimum absolute atomic E-state index is 0.0771. The van der Waals surface area contributed by atoms with Gasteiger partial charge in [0.25, 0.3) is 0 Å². The SMILES string of the molecule is COc1ccccc1-c1ncc2ccc(N(C)C)cc2c1/C=C/C(=O)N(C)C. The van der Waals surface area contributed by atoms with E-state index in [0.717, 1.165) is 39.0 Å². The summed E-state index contributed by atoms with van der Waals surface area (Å²) in [6.07, 6.45) is 5.29. The van der Waals surface area contributed by atoms with Crippen LogP contribution < -0.4 is 9.64 Å². The van der Waals surface area contributed by atoms with Gasteiger partial charge in [-0.1, -0.05) is 18.2 Å². The molecule has 3 rings (SSSR count). The number of carbonyl (C=O) groups excluding carboxylic acids is 1. The zero-order valence-corrected chi connectivity index (χ0v) is 16.9. The summed E-state index contributed by atoms with van der Waals surface area (Å²) in [5, 5.41) is 2.05. The fraction of sp³-hybridized carbons (Fsp3) is 0.217. The number of carbonyl (C=O) groups is 1. The average molecular weight is 375 g/mol. The van der Waals surface area contributed by atoms with Crippen molar-refractivity contribution in [3.8, 4) is 17.0 Å². The summed E-state index contributed by atoms with van der Waals surface area (Å²) in [6.45, 7) is 0. The molecule has 0 aliphatic carbocycles. The number of aromatic nitrogens is 1. The summed E-state index contributed by atoms with van der Waals surface area (Å²) in [5.41, 5.74) is 3.64. The third-order valence-electron chi connectivity index (χ3n) is 4.63. The largest absolute Gasteiger partial charge is 0.496 e. The van der Waals surface area contributed by atoms with E-state index < -0.39 is 0 Å². The van der Waals surface area contributed by atoms with Gasteiger partial charge in [-0.3, -0.25) is 9.78 Å². The summed E-state index contributed by atoms with van der Waals surface area (Å²) in [7, 11) is 9.14. The van der Waals surface area contributed by atoms with E-state index in [9.17, 15) is 4.79 Å². The number of nitrogens with zero attached hydrogens (tertiary/aromatic N) is 3. The number of rotatable bonds is 5. The lowest BCUT2D eigenvalue weighted by atomic mass is 9.98. The highest BCUT2D eigenvalue weighted by molar-refractivity contribution is 6.01. The van der Waals surface area contributed by atoms with Gasteiger partial charge in [0, 0.05) is 62.7 Å². The highest BCUT2D eigenvalue weighted by atomic mass is 16.5. The molecule has 0 spiro atoms. The van der Waals surface area contributed by atoms with Crippen molar-refractivity contribution >= 4 is 28.4 Å². The molecule has 0 aliphatic heterocycles. The van der Waals surface area contributed by atoms with Gasteiger partial charge >= 0.3 is 0 Å². The minimum Gasteiger partial charge on any atom is -0.496 e. The van der Waals surface area contributed by atoms with Gasteiger partial charge in [0.1, 0.15) is 5.75 Å². The third kappa shape index (κ3) is 3.83. The van der Waals surface area contributed by atoms with E-state index in [4.69, 9.17) is 9.72 Å². The molecule has 0 saturated heterocycles. The molecule has 0 unspecified atom stereocenters. The first kappa shape index (κ1) is 19.4. The molecule has 5 heteroatoms. The van der Waals surface area contributed by atoms with Gasteiger partial charge < -0.3 is 14.5 Å². The Labute approximate surface area is 165 Å². The number of para-hydroxylation sites is 1. The molecule has 0 aliphatic rings. The molecule has 144 valence electrons. The molecule has 5 nitrogen and oxygen atoms in total. The van der Waals surface area contributed by atoms with Gasteiger partial charge in [-0.15, -0.1) is 0 Å². The number of amides is 1. The van der Waals surface area contributed by atoms with Crippen LogP contribution in [0.4, 0.5) is 5.69 Å². The first-order chi connectivity index (χ1) is 13.4. The number of hydrogen-bond acceptors (Lipinski definition) is 4. The fourth-order valence-electron chi connectivity index (χ4n) is 3.03. The van der Waals surface area contributed by atoms with Crippen LogP contribution in [0.2, 0.25) is 0 Å². The second-order valence-electron chi connectivity index (χ2n) is 6.95. The summed E-state index contributed by atoms with van der Waals surface area (Å²) in [5.74, 6) is 0.665. The molecule has 0 atom stereocenters. The topological polar surface area (TPSA) is 45.7 Å². The Kier molecular flexibility index (Phi) is 5.64. The molecule has 0 saturated carbocycles. The Morgan fingerprint density at radius 3 is 2.50 bits per heavy atom. The molecule has 0 radical (unpaired) electrons. The summed E-state index contributed by atoms with van der Waals surface area (Å²) in [6, 6.07) is 14.0. The number of ether oxygens (including phenoxy) is 1. The van der Waals surface area contributed by atoms with Crippen LogP contribution in [0.15, 0.2) is 54.7 Å². The van der Waals surface area contributed by atoms with Gasteiger partial charge in [-0.2, -0.15) is 0 Å². The summed E-state index contributed by atoms with van der Waals surface area (Å²) >= 11 is 0. The molecule has 2 aromatic carbocycles. The smallest absolute Gasteiger partial charge is 0.246 e. The highest BCUT2D eigenvalue weighted by Gasteiger charge is 2.14. The van der Waals surface area contributed by atoms with E-state index >= 15 is 0 Å². The number of hydrogen-bond donors (Lipinski definition) is 0. The lowest BCUT2D eigenvalue weighted by Gasteiger charge is -2.16. The zero-order valence-electron chi connectivity index (χ0n) is 16.9. The molecule has 0 fully saturated rings. The molecule has 0 bridgehead atoms. The number of likely N-dealkylation sites (N-methyl/N-ethyl adjacent to an activating group) is 1. The van der Waals surface area contributed by atoms with Gasteiger partial charge in [-0.25, -0.2) is 0 Å². The predicted octanol–water partition coefficient (Wildman–Crippen LogP) is 4.08. The van der Waals surface area contributed by atoms with Crippen molar-refractivity contribution in [2.45, 2.75) is 0 Å². The van der Waals surface area contributed by atoms with E-state index in [1.54, 1.807) is 32.2 Å². The van der Waals surface area contributed by atoms with E-state index in [1.165, 1.54) is 0 Å². The first-order valence-corrected chi connectivity index (χ1v) is 9.05. The molecular weight excluding hydrogens is 350 g/mol. The number of benzene rings is 2. The van der Waals surface area contributed by atoms with Crippen molar-refractivity contribution in [3.63, 3.8) is 0 Å². The molecule has 3 aromatic rings. The number of methoxy groups -OCH3 is 1. The van der Waals surface area contributed by atoms with Crippen LogP contribution in [-0.2, 0) is 4.79 Å². The van der Waals surface area contributed by atoms with Crippen LogP contribution >= 0.6 is 0 Å². The number of anilines is 1. The number of fused-ring (bicyclic) bond motifs is 1. The predicted molar refractivity (Wildman–Crippen MR) is 116 cm³/mol. The van der Waals surface area contributed by atoms with Gasteiger partial charge in [0.05, 0.1) is 12.8 Å². The summed E-state index contributed by atoms with van der Waals surface area (Å²) in [4.78, 5) is 20.5. The standard InChI is InChI=1S/C23H25N3O2/c1-25(2)17-11-10-16-15-24-23(19-8-6-7-9-21(19)28-5)18(20(16)14-17)12-13-22(27)26(3)4/h6-15H,1-5H3/b13-12+. The molecule has 1 amide bonds. The Bertz CT molecular complexity index is 1040. The van der Waals surface area contributed by atoms with Crippen LogP contribution in [0.5, 0.6) is 5.75 Å². The summed E-state index contributed by atoms with van der Waals surface area (Å²) < 4.78 is 5.55. The van der Waals surface area contributed by atoms with E-state index in [2.05, 4.69) is 23.1 Å². The van der Waals surface area contributed by atoms with Crippen LogP contribution in [0.3, 0.4) is 0 Å². The van der Waals surface area contributed by atoms with Crippen molar-refractivity contribution in [2.75, 3.05) is 40.2 Å². The third-order valence-corrected chi connectivity index (χ3v) is 4.63. The number of pyridine rings is 1. The maximum absolute atomic E-state index is 12.2. The van der Waals surface area contributed by atoms with Crippen molar-refractivity contribution in [1.82, 2.24) is 9.88 Å². The fourth-order valence-corrected chi connectivity index (χ4v) is 3.03. The van der Waals surface area contributed by atoms with Crippen molar-refractivity contribution < 1.29 is 9.53 Å². The van der Waals surface area contributed by atoms with Crippen LogP contribution in [0.25, 0.3) is 28.1 Å². The molecule has 28 heavy (non-hydrogen) atoms. The Balaban J connectivity index is 2.30. The first-order valence-electron chi connectivity index (χ1n) is 9.05. The van der Waals surface area contributed by atoms with E-state index in [1.807, 2.05) is 50.6 Å². The van der Waals surface area contributed by atoms with E-state index in [0.29, 0.717) is 0 Å². The van der Waals surface area contributed by atoms with Crippen LogP contribution in [0, 0.1) is 0 Å². The monoisotopic (exact) mass is 375 g/mol. The molecular formula is C23H25N3O2. The molecule has 1 aromatic heterocycles. The van der Waals surface area contributed by atoms with Crippen LogP contribution in [0.1, 0.15) is 5.56 Å². The second kappa shape index (κ2) is 8.13. The Hall–Kier alpha value is -3.34. The Morgan fingerprint density at radius 2 is 1.82 bits per heavy atom. The second-order valence-corrected chi connectivity index (χ2v) is 6.95. The lowest BCUT2D eigenvalue weighted by molar-refractivity contribution is -0.123. The van der Waals surface area contributed by atoms with Gasteiger partial charge in [0.2, 0.25) is 5.91 Å². The maximum atomic E-state index is 12.2. The average Bonchev–Trinajstić information content (AvgIpc) is 2.70. The maximum Gasteiger partial charge on any atom is 0.246 e. The molecule has 1 heterocycles. The molecule has 0 N–H and O–H groups in total. The van der Waals surface area contributed by atoms with Gasteiger partial charge in [-0.05, 0) is 35.7 Å². The highest BCUT2D eigenvalue weighted by Crippen LogP contribution is 2.35. The quantitative estimate of drug-likeness (QED) is 0.631. The zero-order chi connectivity index (χ0) is 20.3. The normalized spacial score (nSPS) is 11.0. The van der Waals surface area contributed by atoms with Gasteiger partial charge in [0.15, 0.2) is 0 Å². The van der Waals surface area contributed by atoms with E-state index in [-0.39, 0.29) is 5.91 Å². The van der Waals surface area contributed by atoms with Crippen LogP contribution in [-0.4, -0.2) is 51.1 Å². The van der Waals surface area contributed by atoms with Crippen molar-refractivity contribution in [2.24, 2.45) is 0 Å². The minimum atomic E-state index is -0.0771. The van der Waals surface area contributed by atoms with Crippen molar-refractivity contribution in [3.05, 3.63) is 60.3 Å². The Morgan fingerprint density at radius 1 is 1.07 bits per heavy atom. The van der Waals surface area contributed by atoms with Crippen molar-refractivity contribution in [1.29, 1.82) is 0 Å².